The van der Waals surface area contributed by atoms with Crippen LogP contribution in [0, 0.1) is 0 Å². The third-order valence-corrected chi connectivity index (χ3v) is 6.53. The molecule has 3 aromatic heterocycles. The lowest BCUT2D eigenvalue weighted by atomic mass is 10.0. The van der Waals surface area contributed by atoms with Gasteiger partial charge in [0.2, 0.25) is 0 Å². The van der Waals surface area contributed by atoms with Crippen molar-refractivity contribution in [3.8, 4) is 10.4 Å². The van der Waals surface area contributed by atoms with E-state index in [1.807, 2.05) is 35.9 Å². The zero-order valence-electron chi connectivity index (χ0n) is 15.2. The fourth-order valence-electron chi connectivity index (χ4n) is 3.13. The summed E-state index contributed by atoms with van der Waals surface area (Å²) in [7, 11) is 0. The SMILES string of the molecule is C[C@H](CN[C@@H](C)c1nc2scc(-c3cccs3)c2c(=O)[nH]1)c1ccccc1. The minimum Gasteiger partial charge on any atom is -0.309 e. The van der Waals surface area contributed by atoms with Gasteiger partial charge in [-0.25, -0.2) is 4.98 Å². The Bertz CT molecular complexity index is 1080. The van der Waals surface area contributed by atoms with Crippen molar-refractivity contribution in [1.82, 2.24) is 15.3 Å². The van der Waals surface area contributed by atoms with Crippen LogP contribution in [0.4, 0.5) is 0 Å². The van der Waals surface area contributed by atoms with Gasteiger partial charge < -0.3 is 10.3 Å². The zero-order valence-corrected chi connectivity index (χ0v) is 16.9. The molecule has 0 aliphatic rings. The summed E-state index contributed by atoms with van der Waals surface area (Å²) in [6.45, 7) is 5.05. The molecule has 0 aliphatic heterocycles. The van der Waals surface area contributed by atoms with E-state index in [2.05, 4.69) is 41.5 Å². The van der Waals surface area contributed by atoms with Crippen molar-refractivity contribution in [2.75, 3.05) is 6.54 Å². The highest BCUT2D eigenvalue weighted by Crippen LogP contribution is 2.33. The molecule has 0 bridgehead atoms. The molecule has 0 fully saturated rings. The number of aromatic nitrogens is 2. The van der Waals surface area contributed by atoms with E-state index < -0.39 is 0 Å². The fourth-order valence-corrected chi connectivity index (χ4v) is 4.90. The normalized spacial score (nSPS) is 13.7. The van der Waals surface area contributed by atoms with E-state index in [4.69, 9.17) is 4.98 Å². The molecule has 4 aromatic rings. The van der Waals surface area contributed by atoms with Gasteiger partial charge in [-0.2, -0.15) is 0 Å². The number of nitrogens with one attached hydrogen (secondary N) is 2. The van der Waals surface area contributed by atoms with E-state index in [9.17, 15) is 4.79 Å². The van der Waals surface area contributed by atoms with Crippen molar-refractivity contribution in [1.29, 1.82) is 0 Å². The molecule has 3 heterocycles. The highest BCUT2D eigenvalue weighted by Gasteiger charge is 2.16. The zero-order chi connectivity index (χ0) is 18.8. The van der Waals surface area contributed by atoms with Crippen molar-refractivity contribution < 1.29 is 0 Å². The molecule has 0 unspecified atom stereocenters. The predicted octanol–water partition coefficient (Wildman–Crippen LogP) is 5.17. The molecule has 0 radical (unpaired) electrons. The van der Waals surface area contributed by atoms with Crippen LogP contribution in [0.5, 0.6) is 0 Å². The monoisotopic (exact) mass is 395 g/mol. The second-order valence-electron chi connectivity index (χ2n) is 6.70. The molecule has 27 heavy (non-hydrogen) atoms. The van der Waals surface area contributed by atoms with Gasteiger partial charge in [-0.15, -0.1) is 22.7 Å². The van der Waals surface area contributed by atoms with Crippen molar-refractivity contribution in [3.63, 3.8) is 0 Å². The highest BCUT2D eigenvalue weighted by atomic mass is 32.1. The first-order valence-corrected chi connectivity index (χ1v) is 10.7. The molecule has 6 heteroatoms. The predicted molar refractivity (Wildman–Crippen MR) is 115 cm³/mol. The van der Waals surface area contributed by atoms with Gasteiger partial charge >= 0.3 is 0 Å². The summed E-state index contributed by atoms with van der Waals surface area (Å²) in [6.07, 6.45) is 0. The fraction of sp³-hybridized carbons (Fsp3) is 0.238. The lowest BCUT2D eigenvalue weighted by Gasteiger charge is -2.17. The average Bonchev–Trinajstić information content (AvgIpc) is 3.36. The molecule has 0 aliphatic carbocycles. The highest BCUT2D eigenvalue weighted by molar-refractivity contribution is 7.18. The van der Waals surface area contributed by atoms with Gasteiger partial charge in [-0.1, -0.05) is 43.3 Å². The number of aromatic amines is 1. The van der Waals surface area contributed by atoms with Gasteiger partial charge in [0.05, 0.1) is 11.4 Å². The Morgan fingerprint density at radius 3 is 2.67 bits per heavy atom. The van der Waals surface area contributed by atoms with Gasteiger partial charge in [-0.3, -0.25) is 4.79 Å². The van der Waals surface area contributed by atoms with E-state index in [0.717, 1.165) is 21.8 Å². The molecule has 2 atom stereocenters. The van der Waals surface area contributed by atoms with Crippen LogP contribution in [0.2, 0.25) is 0 Å². The van der Waals surface area contributed by atoms with Crippen molar-refractivity contribution >= 4 is 32.9 Å². The largest absolute Gasteiger partial charge is 0.309 e. The molecular weight excluding hydrogens is 374 g/mol. The summed E-state index contributed by atoms with van der Waals surface area (Å²) < 4.78 is 0. The summed E-state index contributed by atoms with van der Waals surface area (Å²) in [5.74, 6) is 1.07. The molecule has 0 spiro atoms. The molecule has 138 valence electrons. The number of H-pyrrole nitrogens is 1. The molecule has 0 saturated carbocycles. The Morgan fingerprint density at radius 2 is 1.93 bits per heavy atom. The van der Waals surface area contributed by atoms with Gasteiger partial charge in [0.1, 0.15) is 10.7 Å². The number of nitrogens with zero attached hydrogens (tertiary/aromatic N) is 1. The van der Waals surface area contributed by atoms with Gasteiger partial charge in [0.25, 0.3) is 5.56 Å². The Balaban J connectivity index is 1.54. The van der Waals surface area contributed by atoms with Crippen LogP contribution < -0.4 is 10.9 Å². The molecule has 4 rings (SSSR count). The maximum atomic E-state index is 12.7. The standard InChI is InChI=1S/C21H21N3OS2/c1-13(15-7-4-3-5-8-15)11-22-14(2)19-23-20(25)18-16(12-27-21(18)24-19)17-9-6-10-26-17/h3-10,12-14,22H,11H2,1-2H3,(H,23,24,25)/t13-,14+/m1/s1. The molecule has 2 N–H and O–H groups in total. The lowest BCUT2D eigenvalue weighted by molar-refractivity contribution is 0.517. The van der Waals surface area contributed by atoms with Crippen LogP contribution >= 0.6 is 22.7 Å². The summed E-state index contributed by atoms with van der Waals surface area (Å²) in [4.78, 5) is 22.3. The van der Waals surface area contributed by atoms with Crippen LogP contribution in [-0.4, -0.2) is 16.5 Å². The first-order chi connectivity index (χ1) is 13.1. The molecule has 0 amide bonds. The molecular formula is C21H21N3OS2. The van der Waals surface area contributed by atoms with Crippen molar-refractivity contribution in [2.24, 2.45) is 0 Å². The minimum atomic E-state index is -0.0654. The average molecular weight is 396 g/mol. The smallest absolute Gasteiger partial charge is 0.260 e. The lowest BCUT2D eigenvalue weighted by Crippen LogP contribution is -2.26. The van der Waals surface area contributed by atoms with E-state index in [1.165, 1.54) is 16.9 Å². The number of benzene rings is 1. The second kappa shape index (κ2) is 7.76. The second-order valence-corrected chi connectivity index (χ2v) is 8.51. The maximum Gasteiger partial charge on any atom is 0.260 e. The Kier molecular flexibility index (Phi) is 5.20. The van der Waals surface area contributed by atoms with Gasteiger partial charge in [-0.05, 0) is 29.9 Å². The van der Waals surface area contributed by atoms with E-state index in [1.54, 1.807) is 11.3 Å². The number of rotatable bonds is 6. The third kappa shape index (κ3) is 3.74. The van der Waals surface area contributed by atoms with E-state index >= 15 is 0 Å². The first-order valence-electron chi connectivity index (χ1n) is 8.97. The van der Waals surface area contributed by atoms with Gasteiger partial charge in [0.15, 0.2) is 0 Å². The topological polar surface area (TPSA) is 57.8 Å². The summed E-state index contributed by atoms with van der Waals surface area (Å²) in [5, 5.41) is 8.24. The van der Waals surface area contributed by atoms with E-state index in [-0.39, 0.29) is 11.6 Å². The Morgan fingerprint density at radius 1 is 1.11 bits per heavy atom. The van der Waals surface area contributed by atoms with Crippen molar-refractivity contribution in [3.05, 3.63) is 75.0 Å². The van der Waals surface area contributed by atoms with Crippen molar-refractivity contribution in [2.45, 2.75) is 25.8 Å². The molecule has 4 nitrogen and oxygen atoms in total. The van der Waals surface area contributed by atoms with Crippen LogP contribution in [0.1, 0.15) is 37.2 Å². The summed E-state index contributed by atoms with van der Waals surface area (Å²) >= 11 is 3.16. The molecule has 1 aromatic carbocycles. The number of fused-ring (bicyclic) bond motifs is 1. The maximum absolute atomic E-state index is 12.7. The van der Waals surface area contributed by atoms with Crippen LogP contribution in [0.15, 0.2) is 58.0 Å². The number of thiophene rings is 2. The van der Waals surface area contributed by atoms with Gasteiger partial charge in [0, 0.05) is 22.4 Å². The quantitative estimate of drug-likeness (QED) is 0.474. The minimum absolute atomic E-state index is 0.0273. The summed E-state index contributed by atoms with van der Waals surface area (Å²) in [5.41, 5.74) is 2.21. The number of hydrogen-bond acceptors (Lipinski definition) is 5. The summed E-state index contributed by atoms with van der Waals surface area (Å²) in [6, 6.07) is 14.4. The van der Waals surface area contributed by atoms with Crippen LogP contribution in [0.25, 0.3) is 20.7 Å². The first kappa shape index (κ1) is 18.1. The van der Waals surface area contributed by atoms with E-state index in [0.29, 0.717) is 17.1 Å². The Hall–Kier alpha value is -2.28. The van der Waals surface area contributed by atoms with Crippen LogP contribution in [0.3, 0.4) is 0 Å². The molecule has 0 saturated heterocycles. The Labute approximate surface area is 165 Å². The van der Waals surface area contributed by atoms with Crippen LogP contribution in [-0.2, 0) is 0 Å². The number of hydrogen-bond donors (Lipinski definition) is 2. The third-order valence-electron chi connectivity index (χ3n) is 4.76.